The minimum atomic E-state index is -1.60. The first-order chi connectivity index (χ1) is 6.95. The van der Waals surface area contributed by atoms with Crippen molar-refractivity contribution in [1.82, 2.24) is 0 Å². The van der Waals surface area contributed by atoms with E-state index in [1.165, 1.54) is 6.82 Å². The summed E-state index contributed by atoms with van der Waals surface area (Å²) in [5, 5.41) is 32.9. The van der Waals surface area contributed by atoms with E-state index in [2.05, 4.69) is 18.3 Å². The number of rotatable bonds is 2. The van der Waals surface area contributed by atoms with Gasteiger partial charge in [0.1, 0.15) is 0 Å². The SMILES string of the molecule is CB1OB(O)OB(O)O1.CBOB(O)O. The van der Waals surface area contributed by atoms with E-state index in [-0.39, 0.29) is 0 Å². The predicted molar refractivity (Wildman–Crippen MR) is 55.1 cm³/mol. The molecule has 0 aromatic heterocycles. The van der Waals surface area contributed by atoms with Crippen LogP contribution in [0, 0.1) is 0 Å². The van der Waals surface area contributed by atoms with Gasteiger partial charge in [0.25, 0.3) is 7.48 Å². The maximum atomic E-state index is 8.57. The summed E-state index contributed by atoms with van der Waals surface area (Å²) >= 11 is 0. The molecule has 0 spiro atoms. The van der Waals surface area contributed by atoms with Crippen LogP contribution in [0.1, 0.15) is 0 Å². The molecule has 0 aromatic carbocycles. The molecule has 15 heavy (non-hydrogen) atoms. The van der Waals surface area contributed by atoms with Crippen LogP contribution in [0.2, 0.25) is 13.6 Å². The van der Waals surface area contributed by atoms with Crippen LogP contribution in [0.15, 0.2) is 0 Å². The van der Waals surface area contributed by atoms with Gasteiger partial charge in [-0.2, -0.15) is 0 Å². The third-order valence-corrected chi connectivity index (χ3v) is 1.16. The Morgan fingerprint density at radius 2 is 1.60 bits per heavy atom. The van der Waals surface area contributed by atoms with Crippen LogP contribution in [0.4, 0.5) is 0 Å². The third kappa shape index (κ3) is 8.96. The van der Waals surface area contributed by atoms with Gasteiger partial charge in [-0.05, 0) is 6.82 Å². The molecule has 1 heterocycles. The van der Waals surface area contributed by atoms with E-state index in [9.17, 15) is 0 Å². The summed E-state index contributed by atoms with van der Waals surface area (Å²) in [6.07, 6.45) is 0. The lowest BCUT2D eigenvalue weighted by Crippen LogP contribution is -2.47. The summed E-state index contributed by atoms with van der Waals surface area (Å²) in [4.78, 5) is 0. The van der Waals surface area contributed by atoms with E-state index in [0.29, 0.717) is 7.48 Å². The summed E-state index contributed by atoms with van der Waals surface area (Å²) in [5.41, 5.74) is 0. The van der Waals surface area contributed by atoms with Crippen molar-refractivity contribution in [2.75, 3.05) is 0 Å². The fourth-order valence-corrected chi connectivity index (χ4v) is 0.673. The van der Waals surface area contributed by atoms with Crippen molar-refractivity contribution >= 4 is 36.6 Å². The second-order valence-corrected chi connectivity index (χ2v) is 2.37. The van der Waals surface area contributed by atoms with Gasteiger partial charge < -0.3 is 38.4 Å². The Morgan fingerprint density at radius 1 is 1.13 bits per heavy atom. The van der Waals surface area contributed by atoms with Gasteiger partial charge in [0.2, 0.25) is 0 Å². The molecule has 1 saturated heterocycles. The molecule has 0 radical (unpaired) electrons. The number of hydrogen-bond donors (Lipinski definition) is 4. The average molecular weight is 217 g/mol. The minimum Gasteiger partial charge on any atom is -0.453 e. The molecule has 82 valence electrons. The first-order valence-electron chi connectivity index (χ1n) is 4.26. The van der Waals surface area contributed by atoms with E-state index >= 15 is 0 Å². The molecule has 4 N–H and O–H groups in total. The highest BCUT2D eigenvalue weighted by atomic mass is 16.8. The van der Waals surface area contributed by atoms with Gasteiger partial charge in [-0.15, -0.1) is 0 Å². The highest BCUT2D eigenvalue weighted by molar-refractivity contribution is 6.67. The molecule has 1 rings (SSSR count). The van der Waals surface area contributed by atoms with Crippen LogP contribution < -0.4 is 0 Å². The topological polar surface area (TPSA) is 118 Å². The van der Waals surface area contributed by atoms with Crippen molar-refractivity contribution in [1.29, 1.82) is 0 Å². The molecule has 0 atom stereocenters. The Morgan fingerprint density at radius 3 is 1.80 bits per heavy atom. The molecule has 0 aromatic rings. The zero-order valence-corrected chi connectivity index (χ0v) is 8.44. The van der Waals surface area contributed by atoms with Crippen LogP contribution in [0.3, 0.4) is 0 Å². The van der Waals surface area contributed by atoms with E-state index < -0.39 is 29.1 Å². The Balaban J connectivity index is 0.000000288. The molecular weight excluding hydrogens is 206 g/mol. The minimum absolute atomic E-state index is 0.331. The first kappa shape index (κ1) is 15.0. The summed E-state index contributed by atoms with van der Waals surface area (Å²) in [5.74, 6) is 0. The molecule has 13 heteroatoms. The van der Waals surface area contributed by atoms with E-state index in [1.807, 2.05) is 0 Å². The lowest BCUT2D eigenvalue weighted by Gasteiger charge is -2.21. The fourth-order valence-electron chi connectivity index (χ4n) is 0.673. The lowest BCUT2D eigenvalue weighted by molar-refractivity contribution is 0.171. The molecule has 0 bridgehead atoms. The Kier molecular flexibility index (Phi) is 8.19. The normalized spacial score (nSPS) is 15.7. The monoisotopic (exact) mass is 218 g/mol. The van der Waals surface area contributed by atoms with Gasteiger partial charge in [-0.25, -0.2) is 0 Å². The Hall–Kier alpha value is 0.00468. The van der Waals surface area contributed by atoms with Gasteiger partial charge in [-0.1, -0.05) is 6.82 Å². The molecule has 1 aliphatic rings. The molecular formula is C2H11B5O8. The molecule has 0 saturated carbocycles. The molecule has 0 unspecified atom stereocenters. The first-order valence-corrected chi connectivity index (χ1v) is 4.26. The van der Waals surface area contributed by atoms with Gasteiger partial charge in [0.05, 0.1) is 0 Å². The second kappa shape index (κ2) is 8.19. The van der Waals surface area contributed by atoms with Crippen molar-refractivity contribution in [3.8, 4) is 0 Å². The smallest absolute Gasteiger partial charge is 0.453 e. The largest absolute Gasteiger partial charge is 0.618 e. The highest BCUT2D eigenvalue weighted by Gasteiger charge is 2.37. The molecule has 0 amide bonds. The third-order valence-electron chi connectivity index (χ3n) is 1.16. The fraction of sp³-hybridized carbons (Fsp3) is 1.00. The molecule has 8 nitrogen and oxygen atoms in total. The second-order valence-electron chi connectivity index (χ2n) is 2.37. The van der Waals surface area contributed by atoms with Crippen LogP contribution >= 0.6 is 0 Å². The quantitative estimate of drug-likeness (QED) is 0.352. The van der Waals surface area contributed by atoms with Gasteiger partial charge in [0.15, 0.2) is 0 Å². The lowest BCUT2D eigenvalue weighted by atomic mass is 9.85. The average Bonchev–Trinajstić information content (AvgIpc) is 2.00. The van der Waals surface area contributed by atoms with Crippen molar-refractivity contribution in [3.63, 3.8) is 0 Å². The van der Waals surface area contributed by atoms with Crippen molar-refractivity contribution in [3.05, 3.63) is 0 Å². The standard InChI is InChI=1S/CH5B3O5.CH6B2O3/c1-2-7-3(5)9-4(6)8-2;1-2-6-3(4)5/h5-6H,1H3;2,4-5H,1H3. The van der Waals surface area contributed by atoms with Crippen LogP contribution in [0.25, 0.3) is 0 Å². The van der Waals surface area contributed by atoms with Crippen molar-refractivity contribution < 1.29 is 38.4 Å². The summed E-state index contributed by atoms with van der Waals surface area (Å²) in [6.45, 7) is 3.22. The molecule has 1 fully saturated rings. The van der Waals surface area contributed by atoms with Crippen molar-refractivity contribution in [2.45, 2.75) is 13.6 Å². The van der Waals surface area contributed by atoms with Crippen LogP contribution in [-0.4, -0.2) is 56.7 Å². The van der Waals surface area contributed by atoms with Gasteiger partial charge in [-0.3, -0.25) is 0 Å². The molecule has 0 aliphatic carbocycles. The van der Waals surface area contributed by atoms with Gasteiger partial charge >= 0.3 is 29.1 Å². The molecule has 1 aliphatic heterocycles. The zero-order valence-electron chi connectivity index (χ0n) is 8.44. The van der Waals surface area contributed by atoms with Crippen molar-refractivity contribution in [2.24, 2.45) is 0 Å². The van der Waals surface area contributed by atoms with Gasteiger partial charge in [0, 0.05) is 0 Å². The Labute approximate surface area is 89.4 Å². The highest BCUT2D eigenvalue weighted by Crippen LogP contribution is 2.02. The van der Waals surface area contributed by atoms with Crippen LogP contribution in [0.5, 0.6) is 0 Å². The maximum absolute atomic E-state index is 8.57. The summed E-state index contributed by atoms with van der Waals surface area (Å²) in [6, 6.07) is 0. The van der Waals surface area contributed by atoms with Crippen LogP contribution in [-0.2, 0) is 18.3 Å². The summed E-state index contributed by atoms with van der Waals surface area (Å²) in [7, 11) is -4.68. The van der Waals surface area contributed by atoms with E-state index in [0.717, 1.165) is 0 Å². The Bertz CT molecular complexity index is 133. The predicted octanol–water partition coefficient (Wildman–Crippen LogP) is -3.51. The summed E-state index contributed by atoms with van der Waals surface area (Å²) < 4.78 is 17.4. The number of hydrogen-bond acceptors (Lipinski definition) is 8. The zero-order chi connectivity index (χ0) is 11.8. The van der Waals surface area contributed by atoms with E-state index in [1.54, 1.807) is 6.82 Å². The maximum Gasteiger partial charge on any atom is 0.618 e. The van der Waals surface area contributed by atoms with E-state index in [4.69, 9.17) is 20.1 Å².